The van der Waals surface area contributed by atoms with E-state index in [0.717, 1.165) is 19.3 Å². The largest absolute Gasteiger partial charge is 0.343 e. The molecule has 0 spiro atoms. The molecule has 0 unspecified atom stereocenters. The van der Waals surface area contributed by atoms with Gasteiger partial charge in [0.2, 0.25) is 0 Å². The lowest BCUT2D eigenvalue weighted by molar-refractivity contribution is 0.0823. The lowest BCUT2D eigenvalue weighted by Gasteiger charge is -2.43. The lowest BCUT2D eigenvalue weighted by atomic mass is 9.71. The van der Waals surface area contributed by atoms with Crippen molar-refractivity contribution in [2.75, 3.05) is 0 Å². The van der Waals surface area contributed by atoms with Crippen molar-refractivity contribution in [2.24, 2.45) is 0 Å². The van der Waals surface area contributed by atoms with Crippen LogP contribution in [0.15, 0.2) is 48.7 Å². The van der Waals surface area contributed by atoms with Gasteiger partial charge in [0.25, 0.3) is 5.91 Å². The predicted octanol–water partition coefficient (Wildman–Crippen LogP) is 3.54. The summed E-state index contributed by atoms with van der Waals surface area (Å²) in [6.45, 7) is 0. The molecule has 3 nitrogen and oxygen atoms in total. The Morgan fingerprint density at radius 2 is 1.95 bits per heavy atom. The van der Waals surface area contributed by atoms with Gasteiger partial charge in [0, 0.05) is 11.8 Å². The van der Waals surface area contributed by atoms with Crippen molar-refractivity contribution in [3.8, 4) is 0 Å². The van der Waals surface area contributed by atoms with Crippen LogP contribution >= 0.6 is 11.6 Å². The molecule has 1 aromatic carbocycles. The Labute approximate surface area is 123 Å². The van der Waals surface area contributed by atoms with Crippen molar-refractivity contribution in [3.63, 3.8) is 0 Å². The van der Waals surface area contributed by atoms with E-state index in [2.05, 4.69) is 22.4 Å². The van der Waals surface area contributed by atoms with Crippen LogP contribution in [0.3, 0.4) is 0 Å². The van der Waals surface area contributed by atoms with E-state index in [0.29, 0.717) is 10.7 Å². The molecule has 0 radical (unpaired) electrons. The number of carbonyl (C=O) groups is 1. The average molecular weight is 287 g/mol. The second-order valence-electron chi connectivity index (χ2n) is 5.12. The molecule has 2 aromatic rings. The second kappa shape index (κ2) is 5.25. The van der Waals surface area contributed by atoms with Crippen LogP contribution in [0.2, 0.25) is 5.15 Å². The van der Waals surface area contributed by atoms with Crippen LogP contribution < -0.4 is 5.32 Å². The highest BCUT2D eigenvalue weighted by molar-refractivity contribution is 6.29. The molecule has 0 bridgehead atoms. The number of hydrogen-bond acceptors (Lipinski definition) is 2. The first-order chi connectivity index (χ1) is 9.70. The molecule has 1 aromatic heterocycles. The number of hydrogen-bond donors (Lipinski definition) is 1. The fourth-order valence-corrected chi connectivity index (χ4v) is 2.78. The molecule has 3 rings (SSSR count). The fourth-order valence-electron chi connectivity index (χ4n) is 2.61. The Balaban J connectivity index is 1.84. The third-order valence-electron chi connectivity index (χ3n) is 3.88. The van der Waals surface area contributed by atoms with Crippen LogP contribution in [0.4, 0.5) is 0 Å². The number of rotatable bonds is 3. The zero-order valence-electron chi connectivity index (χ0n) is 11.0. The van der Waals surface area contributed by atoms with Crippen molar-refractivity contribution in [2.45, 2.75) is 24.8 Å². The molecule has 102 valence electrons. The van der Waals surface area contributed by atoms with Crippen LogP contribution in [-0.2, 0) is 5.54 Å². The summed E-state index contributed by atoms with van der Waals surface area (Å²) < 4.78 is 0. The number of amides is 1. The Kier molecular flexibility index (Phi) is 3.45. The van der Waals surface area contributed by atoms with Crippen molar-refractivity contribution < 1.29 is 4.79 Å². The normalized spacial score (nSPS) is 16.2. The third kappa shape index (κ3) is 2.41. The van der Waals surface area contributed by atoms with Crippen molar-refractivity contribution in [1.29, 1.82) is 0 Å². The summed E-state index contributed by atoms with van der Waals surface area (Å²) >= 11 is 5.83. The van der Waals surface area contributed by atoms with E-state index >= 15 is 0 Å². The van der Waals surface area contributed by atoms with Gasteiger partial charge >= 0.3 is 0 Å². The van der Waals surface area contributed by atoms with E-state index in [9.17, 15) is 4.79 Å². The molecular weight excluding hydrogens is 272 g/mol. The summed E-state index contributed by atoms with van der Waals surface area (Å²) in [5, 5.41) is 3.50. The van der Waals surface area contributed by atoms with E-state index in [1.54, 1.807) is 18.3 Å². The molecule has 1 fully saturated rings. The molecule has 0 aliphatic heterocycles. The number of benzene rings is 1. The van der Waals surface area contributed by atoms with Crippen molar-refractivity contribution in [3.05, 3.63) is 64.9 Å². The minimum Gasteiger partial charge on any atom is -0.343 e. The Morgan fingerprint density at radius 3 is 2.55 bits per heavy atom. The van der Waals surface area contributed by atoms with Crippen molar-refractivity contribution >= 4 is 17.5 Å². The minimum absolute atomic E-state index is 0.0992. The summed E-state index contributed by atoms with van der Waals surface area (Å²) in [6, 6.07) is 13.4. The molecule has 1 aliphatic carbocycles. The maximum Gasteiger partial charge on any atom is 0.252 e. The Bertz CT molecular complexity index is 623. The fraction of sp³-hybridized carbons (Fsp3) is 0.250. The van der Waals surface area contributed by atoms with Gasteiger partial charge < -0.3 is 5.32 Å². The van der Waals surface area contributed by atoms with E-state index in [-0.39, 0.29) is 11.4 Å². The van der Waals surface area contributed by atoms with Gasteiger partial charge in [0.15, 0.2) is 0 Å². The van der Waals surface area contributed by atoms with Crippen LogP contribution in [0.25, 0.3) is 0 Å². The smallest absolute Gasteiger partial charge is 0.252 e. The molecule has 1 saturated carbocycles. The Morgan fingerprint density at radius 1 is 1.20 bits per heavy atom. The van der Waals surface area contributed by atoms with Crippen LogP contribution in [-0.4, -0.2) is 10.9 Å². The van der Waals surface area contributed by atoms with Gasteiger partial charge in [0.05, 0.1) is 5.54 Å². The first-order valence-electron chi connectivity index (χ1n) is 6.69. The number of aromatic nitrogens is 1. The molecule has 0 atom stereocenters. The first-order valence-corrected chi connectivity index (χ1v) is 7.07. The summed E-state index contributed by atoms with van der Waals surface area (Å²) in [5.74, 6) is -0.0992. The zero-order valence-corrected chi connectivity index (χ0v) is 11.7. The Hall–Kier alpha value is -1.87. The standard InChI is InChI=1S/C16H15ClN2O/c17-14-11-12(7-10-18-14)15(20)19-16(8-4-9-16)13-5-2-1-3-6-13/h1-3,5-7,10-11H,4,8-9H2,(H,19,20). The lowest BCUT2D eigenvalue weighted by Crippen LogP contribution is -2.50. The number of pyridine rings is 1. The molecule has 20 heavy (non-hydrogen) atoms. The molecule has 1 N–H and O–H groups in total. The van der Waals surface area contributed by atoms with Crippen LogP contribution in [0.5, 0.6) is 0 Å². The summed E-state index contributed by atoms with van der Waals surface area (Å²) in [5.41, 5.74) is 1.49. The number of nitrogens with zero attached hydrogens (tertiary/aromatic N) is 1. The SMILES string of the molecule is O=C(NC1(c2ccccc2)CCC1)c1ccnc(Cl)c1. The van der Waals surface area contributed by atoms with Gasteiger partial charge in [-0.25, -0.2) is 4.98 Å². The molecule has 1 heterocycles. The quantitative estimate of drug-likeness (QED) is 0.877. The number of halogens is 1. The van der Waals surface area contributed by atoms with E-state index in [4.69, 9.17) is 11.6 Å². The minimum atomic E-state index is -0.228. The molecule has 4 heteroatoms. The topological polar surface area (TPSA) is 42.0 Å². The first kappa shape index (κ1) is 13.1. The van der Waals surface area contributed by atoms with Gasteiger partial charge in [-0.15, -0.1) is 0 Å². The maximum atomic E-state index is 12.4. The summed E-state index contributed by atoms with van der Waals surface area (Å²) in [6.07, 6.45) is 4.63. The molecule has 1 amide bonds. The second-order valence-corrected chi connectivity index (χ2v) is 5.51. The van der Waals surface area contributed by atoms with Gasteiger partial charge in [-0.2, -0.15) is 0 Å². The highest BCUT2D eigenvalue weighted by Crippen LogP contribution is 2.41. The number of carbonyl (C=O) groups excluding carboxylic acids is 1. The van der Waals surface area contributed by atoms with E-state index in [1.807, 2.05) is 18.2 Å². The summed E-state index contributed by atoms with van der Waals surface area (Å²) in [4.78, 5) is 16.3. The average Bonchev–Trinajstić information content (AvgIpc) is 2.43. The molecular formula is C16H15ClN2O. The highest BCUT2D eigenvalue weighted by Gasteiger charge is 2.39. The van der Waals surface area contributed by atoms with E-state index in [1.165, 1.54) is 5.56 Å². The predicted molar refractivity (Wildman–Crippen MR) is 78.7 cm³/mol. The summed E-state index contributed by atoms with van der Waals surface area (Å²) in [7, 11) is 0. The third-order valence-corrected chi connectivity index (χ3v) is 4.08. The van der Waals surface area contributed by atoms with Crippen LogP contribution in [0, 0.1) is 0 Å². The van der Waals surface area contributed by atoms with Gasteiger partial charge in [-0.05, 0) is 37.0 Å². The monoisotopic (exact) mass is 286 g/mol. The van der Waals surface area contributed by atoms with Crippen molar-refractivity contribution in [1.82, 2.24) is 10.3 Å². The van der Waals surface area contributed by atoms with Gasteiger partial charge in [-0.3, -0.25) is 4.79 Å². The maximum absolute atomic E-state index is 12.4. The molecule has 1 aliphatic rings. The van der Waals surface area contributed by atoms with Gasteiger partial charge in [-0.1, -0.05) is 41.9 Å². The zero-order chi connectivity index (χ0) is 14.0. The molecule has 0 saturated heterocycles. The van der Waals surface area contributed by atoms with E-state index < -0.39 is 0 Å². The van der Waals surface area contributed by atoms with Crippen LogP contribution in [0.1, 0.15) is 35.2 Å². The number of nitrogens with one attached hydrogen (secondary N) is 1. The van der Waals surface area contributed by atoms with Gasteiger partial charge in [0.1, 0.15) is 5.15 Å². The highest BCUT2D eigenvalue weighted by atomic mass is 35.5.